The molecule has 0 aromatic heterocycles. The van der Waals surface area contributed by atoms with Gasteiger partial charge in [0.1, 0.15) is 24.4 Å². The van der Waals surface area contributed by atoms with Gasteiger partial charge in [-0.15, -0.1) is 0 Å². The lowest BCUT2D eigenvalue weighted by molar-refractivity contribution is -0.302. The summed E-state index contributed by atoms with van der Waals surface area (Å²) in [4.78, 5) is 12.9. The molecule has 0 aliphatic carbocycles. The molecule has 7 atom stereocenters. The fourth-order valence-electron chi connectivity index (χ4n) is 7.27. The molecule has 324 valence electrons. The molecule has 0 saturated carbocycles. The first-order valence-electron chi connectivity index (χ1n) is 23.1. The molecule has 1 aliphatic rings. The maximum Gasteiger partial charge on any atom is 0.220 e. The minimum atomic E-state index is -1.56. The molecular formula is C46H87NO8. The van der Waals surface area contributed by atoms with Gasteiger partial charge in [0.2, 0.25) is 5.91 Å². The molecule has 0 radical (unpaired) electrons. The highest BCUT2D eigenvalue weighted by atomic mass is 16.7. The second-order valence-corrected chi connectivity index (χ2v) is 16.2. The smallest absolute Gasteiger partial charge is 0.220 e. The van der Waals surface area contributed by atoms with Crippen LogP contribution < -0.4 is 5.32 Å². The Bertz CT molecular complexity index is 914. The van der Waals surface area contributed by atoms with Gasteiger partial charge in [-0.2, -0.15) is 0 Å². The quantitative estimate of drug-likeness (QED) is 0.0268. The van der Waals surface area contributed by atoms with Crippen molar-refractivity contribution in [3.05, 3.63) is 24.3 Å². The molecule has 6 N–H and O–H groups in total. The third-order valence-electron chi connectivity index (χ3n) is 11.0. The van der Waals surface area contributed by atoms with E-state index in [2.05, 4.69) is 31.3 Å². The number of aliphatic hydroxyl groups excluding tert-OH is 5. The zero-order chi connectivity index (χ0) is 40.2. The molecule has 55 heavy (non-hydrogen) atoms. The van der Waals surface area contributed by atoms with Gasteiger partial charge < -0.3 is 40.3 Å². The third kappa shape index (κ3) is 27.9. The fourth-order valence-corrected chi connectivity index (χ4v) is 7.27. The van der Waals surface area contributed by atoms with Crippen LogP contribution in [-0.2, 0) is 14.3 Å². The molecule has 9 nitrogen and oxygen atoms in total. The van der Waals surface area contributed by atoms with Gasteiger partial charge in [0.25, 0.3) is 0 Å². The number of hydrogen-bond acceptors (Lipinski definition) is 8. The molecule has 0 aromatic rings. The Hall–Kier alpha value is -1.33. The van der Waals surface area contributed by atoms with Crippen LogP contribution in [0.1, 0.15) is 206 Å². The number of aliphatic hydroxyl groups is 5. The third-order valence-corrected chi connectivity index (χ3v) is 11.0. The molecule has 0 spiro atoms. The molecule has 9 heteroatoms. The Morgan fingerprint density at radius 1 is 0.600 bits per heavy atom. The predicted molar refractivity (Wildman–Crippen MR) is 226 cm³/mol. The van der Waals surface area contributed by atoms with Crippen LogP contribution in [0, 0.1) is 0 Å². The van der Waals surface area contributed by atoms with Gasteiger partial charge >= 0.3 is 0 Å². The maximum absolute atomic E-state index is 12.9. The van der Waals surface area contributed by atoms with E-state index in [4.69, 9.17) is 9.47 Å². The van der Waals surface area contributed by atoms with Crippen molar-refractivity contribution >= 4 is 5.91 Å². The Labute approximate surface area is 337 Å². The number of rotatable bonds is 38. The minimum Gasteiger partial charge on any atom is -0.394 e. The number of amides is 1. The van der Waals surface area contributed by atoms with Crippen LogP contribution >= 0.6 is 0 Å². The zero-order valence-corrected chi connectivity index (χ0v) is 35.4. The van der Waals surface area contributed by atoms with Crippen molar-refractivity contribution in [3.8, 4) is 0 Å². The highest BCUT2D eigenvalue weighted by Crippen LogP contribution is 2.22. The van der Waals surface area contributed by atoms with E-state index in [1.165, 1.54) is 148 Å². The summed E-state index contributed by atoms with van der Waals surface area (Å²) < 4.78 is 11.2. The standard InChI is InChI=1S/C46H87NO8/c1-3-5-7-9-11-13-15-16-17-18-19-20-21-22-23-24-25-26-28-30-32-34-36-42(50)47-39(38-54-46-45(53)44(52)43(51)41(37-48)55-46)40(49)35-33-31-29-27-14-12-10-8-6-4-2/h21-22,33,35,39-41,43-46,48-49,51-53H,3-20,23-32,34,36-38H2,1-2H3,(H,47,50)/b22-21-,35-33+. The number of carbonyl (C=O) groups excluding carboxylic acids is 1. The van der Waals surface area contributed by atoms with E-state index in [-0.39, 0.29) is 12.5 Å². The second-order valence-electron chi connectivity index (χ2n) is 16.2. The van der Waals surface area contributed by atoms with Crippen LogP contribution in [0.4, 0.5) is 0 Å². The summed E-state index contributed by atoms with van der Waals surface area (Å²) in [6.07, 6.45) is 36.6. The van der Waals surface area contributed by atoms with Gasteiger partial charge in [0.05, 0.1) is 25.4 Å². The Morgan fingerprint density at radius 3 is 1.47 bits per heavy atom. The molecule has 1 saturated heterocycles. The molecule has 1 amide bonds. The summed E-state index contributed by atoms with van der Waals surface area (Å²) >= 11 is 0. The highest BCUT2D eigenvalue weighted by molar-refractivity contribution is 5.76. The Morgan fingerprint density at radius 2 is 1.02 bits per heavy atom. The van der Waals surface area contributed by atoms with E-state index in [9.17, 15) is 30.3 Å². The van der Waals surface area contributed by atoms with Crippen molar-refractivity contribution in [1.29, 1.82) is 0 Å². The average Bonchev–Trinajstić information content (AvgIpc) is 3.18. The summed E-state index contributed by atoms with van der Waals surface area (Å²) in [6, 6.07) is -0.802. The van der Waals surface area contributed by atoms with E-state index in [0.717, 1.165) is 38.5 Å². The Kier molecular flexibility index (Phi) is 34.7. The lowest BCUT2D eigenvalue weighted by Crippen LogP contribution is -2.60. The molecule has 1 fully saturated rings. The van der Waals surface area contributed by atoms with Gasteiger partial charge in [0, 0.05) is 6.42 Å². The first-order valence-corrected chi connectivity index (χ1v) is 23.1. The number of ether oxygens (including phenoxy) is 2. The molecule has 0 aromatic carbocycles. The number of allylic oxidation sites excluding steroid dienone is 3. The van der Waals surface area contributed by atoms with Crippen molar-refractivity contribution in [2.24, 2.45) is 0 Å². The molecule has 7 unspecified atom stereocenters. The number of hydrogen-bond donors (Lipinski definition) is 6. The van der Waals surface area contributed by atoms with E-state index < -0.39 is 49.5 Å². The minimum absolute atomic E-state index is 0.183. The largest absolute Gasteiger partial charge is 0.394 e. The first kappa shape index (κ1) is 51.7. The van der Waals surface area contributed by atoms with Crippen molar-refractivity contribution < 1.29 is 39.8 Å². The van der Waals surface area contributed by atoms with E-state index in [0.29, 0.717) is 6.42 Å². The number of nitrogens with one attached hydrogen (secondary N) is 1. The number of carbonyl (C=O) groups is 1. The maximum atomic E-state index is 12.9. The summed E-state index contributed by atoms with van der Waals surface area (Å²) in [5.41, 5.74) is 0. The SMILES string of the molecule is CCCCCCCCCC/C=C/C(O)C(COC1OC(CO)C(O)C(O)C1O)NC(=O)CCCCCCCCC/C=C\CCCCCCCCCCCCC. The topological polar surface area (TPSA) is 149 Å². The van der Waals surface area contributed by atoms with Crippen LogP contribution in [-0.4, -0.2) is 87.5 Å². The van der Waals surface area contributed by atoms with Crippen molar-refractivity contribution in [2.75, 3.05) is 13.2 Å². The lowest BCUT2D eigenvalue weighted by atomic mass is 9.99. The van der Waals surface area contributed by atoms with E-state index in [1.807, 2.05) is 6.08 Å². The van der Waals surface area contributed by atoms with Gasteiger partial charge in [0.15, 0.2) is 6.29 Å². The average molecular weight is 782 g/mol. The van der Waals surface area contributed by atoms with E-state index in [1.54, 1.807) is 6.08 Å². The lowest BCUT2D eigenvalue weighted by Gasteiger charge is -2.40. The molecule has 1 heterocycles. The van der Waals surface area contributed by atoms with Crippen molar-refractivity contribution in [1.82, 2.24) is 5.32 Å². The van der Waals surface area contributed by atoms with Crippen LogP contribution in [0.2, 0.25) is 0 Å². The van der Waals surface area contributed by atoms with Crippen LogP contribution in [0.25, 0.3) is 0 Å². The van der Waals surface area contributed by atoms with Gasteiger partial charge in [-0.05, 0) is 44.9 Å². The summed E-state index contributed by atoms with van der Waals surface area (Å²) in [5, 5.41) is 54.0. The van der Waals surface area contributed by atoms with Gasteiger partial charge in [-0.3, -0.25) is 4.79 Å². The Balaban J connectivity index is 2.27. The van der Waals surface area contributed by atoms with E-state index >= 15 is 0 Å². The predicted octanol–water partition coefficient (Wildman–Crippen LogP) is 9.50. The molecule has 0 bridgehead atoms. The first-order chi connectivity index (χ1) is 26.8. The summed E-state index contributed by atoms with van der Waals surface area (Å²) in [5.74, 6) is -0.183. The second kappa shape index (κ2) is 37.0. The summed E-state index contributed by atoms with van der Waals surface area (Å²) in [6.45, 7) is 3.75. The number of unbranched alkanes of at least 4 members (excludes halogenated alkanes) is 26. The van der Waals surface area contributed by atoms with Crippen LogP contribution in [0.5, 0.6) is 0 Å². The highest BCUT2D eigenvalue weighted by Gasteiger charge is 2.44. The van der Waals surface area contributed by atoms with Crippen molar-refractivity contribution in [3.63, 3.8) is 0 Å². The monoisotopic (exact) mass is 782 g/mol. The van der Waals surface area contributed by atoms with Crippen molar-refractivity contribution in [2.45, 2.75) is 249 Å². The van der Waals surface area contributed by atoms with Gasteiger partial charge in [-0.25, -0.2) is 0 Å². The summed E-state index contributed by atoms with van der Waals surface area (Å²) in [7, 11) is 0. The van der Waals surface area contributed by atoms with Gasteiger partial charge in [-0.1, -0.05) is 179 Å². The molecule has 1 rings (SSSR count). The molecule has 1 aliphatic heterocycles. The zero-order valence-electron chi connectivity index (χ0n) is 35.4. The van der Waals surface area contributed by atoms with Crippen LogP contribution in [0.3, 0.4) is 0 Å². The van der Waals surface area contributed by atoms with Crippen LogP contribution in [0.15, 0.2) is 24.3 Å². The molecular weight excluding hydrogens is 695 g/mol. The fraction of sp³-hybridized carbons (Fsp3) is 0.891. The normalized spacial score (nSPS) is 21.5.